The van der Waals surface area contributed by atoms with Crippen molar-refractivity contribution in [2.75, 3.05) is 13.2 Å². The standard InChI is InChI=1S/C21H29NO2.C19H25NO.C13H17N.2ClH/c1-2-17(14-16-6-4-3-5-7-16)19-15-20(19)22-18-8-10-21(11-9-18)23-12-13-24-21;1-2-15(12-14-6-4-3-5-7-14)18-13-19(18)20-16-8-10-17(21)11-9-16;1-2-11(12-9-13(12)14)8-10-6-4-3-5-7-10;;/h3-7,14,18-20,22H,2,8-13,15H2,1H3;3-7,12,16,18-20H,2,8-11,13H2,1H3;3-8,12-13H,2,9,14H2,1H3;2*1H/b17-14+;15-12+;11-8+;;/t19-,20+;18-,19+;12-,13+;;/m000../s1. The van der Waals surface area contributed by atoms with Gasteiger partial charge in [-0.25, -0.2) is 0 Å². The number of benzene rings is 3. The molecule has 6 aliphatic rings. The number of hydrogen-bond acceptors (Lipinski definition) is 6. The van der Waals surface area contributed by atoms with E-state index in [1.54, 1.807) is 11.1 Å². The quantitative estimate of drug-likeness (QED) is 0.159. The van der Waals surface area contributed by atoms with Crippen LogP contribution in [-0.4, -0.2) is 55.0 Å². The molecule has 9 rings (SSSR count). The highest BCUT2D eigenvalue weighted by molar-refractivity contribution is 5.85. The summed E-state index contributed by atoms with van der Waals surface area (Å²) in [4.78, 5) is 11.3. The second-order valence-electron chi connectivity index (χ2n) is 17.9. The second kappa shape index (κ2) is 24.1. The Balaban J connectivity index is 0.000000176. The topological polar surface area (TPSA) is 85.6 Å². The number of carbonyl (C=O) groups excluding carboxylic acids is 1. The van der Waals surface area contributed by atoms with Gasteiger partial charge in [0.2, 0.25) is 0 Å². The Morgan fingerprint density at radius 2 is 0.951 bits per heavy atom. The number of nitrogens with one attached hydrogen (secondary N) is 2. The van der Waals surface area contributed by atoms with Gasteiger partial charge in [-0.15, -0.1) is 24.8 Å². The lowest BCUT2D eigenvalue weighted by Gasteiger charge is -2.35. The molecule has 6 fully saturated rings. The maximum absolute atomic E-state index is 11.3. The van der Waals surface area contributed by atoms with Crippen LogP contribution in [0.15, 0.2) is 108 Å². The summed E-state index contributed by atoms with van der Waals surface area (Å²) in [5.74, 6) is 2.29. The van der Waals surface area contributed by atoms with Gasteiger partial charge in [-0.2, -0.15) is 0 Å². The molecule has 6 nitrogen and oxygen atoms in total. The Kier molecular flexibility index (Phi) is 19.4. The molecule has 0 unspecified atom stereocenters. The number of ketones is 1. The van der Waals surface area contributed by atoms with Gasteiger partial charge in [-0.1, -0.05) is 147 Å². The number of rotatable bonds is 13. The highest BCUT2D eigenvalue weighted by Crippen LogP contribution is 2.43. The fourth-order valence-electron chi connectivity index (χ4n) is 9.64. The first-order valence-electron chi connectivity index (χ1n) is 23.2. The molecular formula is C53H73Cl2N3O3. The molecule has 0 bridgehead atoms. The van der Waals surface area contributed by atoms with Gasteiger partial charge in [0.25, 0.3) is 0 Å². The van der Waals surface area contributed by atoms with Crippen molar-refractivity contribution < 1.29 is 14.3 Å². The molecular weight excluding hydrogens is 798 g/mol. The molecule has 0 radical (unpaired) electrons. The number of ether oxygens (including phenoxy) is 2. The van der Waals surface area contributed by atoms with E-state index in [2.05, 4.69) is 135 Å². The van der Waals surface area contributed by atoms with Gasteiger partial charge < -0.3 is 25.8 Å². The lowest BCUT2D eigenvalue weighted by atomic mass is 9.90. The van der Waals surface area contributed by atoms with Crippen molar-refractivity contribution in [1.82, 2.24) is 10.6 Å². The molecule has 6 atom stereocenters. The largest absolute Gasteiger partial charge is 0.348 e. The van der Waals surface area contributed by atoms with Gasteiger partial charge in [0.15, 0.2) is 5.79 Å². The molecule has 61 heavy (non-hydrogen) atoms. The molecule has 8 heteroatoms. The van der Waals surface area contributed by atoms with Crippen LogP contribution in [0.1, 0.15) is 127 Å². The third-order valence-corrected chi connectivity index (χ3v) is 13.5. The Bertz CT molecular complexity index is 1840. The number of halogens is 2. The molecule has 3 aromatic rings. The summed E-state index contributed by atoms with van der Waals surface area (Å²) in [7, 11) is 0. The fourth-order valence-corrected chi connectivity index (χ4v) is 9.64. The van der Waals surface area contributed by atoms with Crippen LogP contribution in [0.2, 0.25) is 0 Å². The van der Waals surface area contributed by atoms with Crippen LogP contribution in [0.4, 0.5) is 0 Å². The van der Waals surface area contributed by atoms with Crippen molar-refractivity contribution in [3.8, 4) is 0 Å². The molecule has 0 aromatic heterocycles. The van der Waals surface area contributed by atoms with Crippen molar-refractivity contribution >= 4 is 48.8 Å². The van der Waals surface area contributed by atoms with Crippen LogP contribution in [0.25, 0.3) is 18.2 Å². The number of nitrogens with two attached hydrogens (primary N) is 1. The lowest BCUT2D eigenvalue weighted by molar-refractivity contribution is -0.179. The van der Waals surface area contributed by atoms with Crippen molar-refractivity contribution in [2.24, 2.45) is 23.5 Å². The van der Waals surface area contributed by atoms with E-state index in [4.69, 9.17) is 15.2 Å². The summed E-state index contributed by atoms with van der Waals surface area (Å²) in [6.45, 7) is 8.28. The first-order valence-corrected chi connectivity index (χ1v) is 23.2. The van der Waals surface area contributed by atoms with Crippen LogP contribution in [-0.2, 0) is 14.3 Å². The normalized spacial score (nSPS) is 27.1. The third kappa shape index (κ3) is 14.7. The average Bonchev–Trinajstić information content (AvgIpc) is 4.25. The number of hydrogen-bond donors (Lipinski definition) is 3. The van der Waals surface area contributed by atoms with Gasteiger partial charge in [0.05, 0.1) is 13.2 Å². The van der Waals surface area contributed by atoms with E-state index in [0.717, 1.165) is 76.9 Å². The van der Waals surface area contributed by atoms with E-state index in [0.29, 0.717) is 47.8 Å². The van der Waals surface area contributed by atoms with E-state index in [-0.39, 0.29) is 30.6 Å². The highest BCUT2D eigenvalue weighted by atomic mass is 35.5. The monoisotopic (exact) mass is 870 g/mol. The van der Waals surface area contributed by atoms with Gasteiger partial charge in [0.1, 0.15) is 5.78 Å². The summed E-state index contributed by atoms with van der Waals surface area (Å²) in [6.07, 6.45) is 22.2. The summed E-state index contributed by atoms with van der Waals surface area (Å²) >= 11 is 0. The van der Waals surface area contributed by atoms with Gasteiger partial charge in [0, 0.05) is 55.9 Å². The van der Waals surface area contributed by atoms with E-state index in [9.17, 15) is 4.79 Å². The zero-order valence-corrected chi connectivity index (χ0v) is 38.6. The fraction of sp³-hybridized carbons (Fsp3) is 0.528. The molecule has 5 aliphatic carbocycles. The number of Topliss-reactive ketones (excluding diaryl/α,β-unsaturated/α-hetero) is 1. The number of carbonyl (C=O) groups is 1. The minimum Gasteiger partial charge on any atom is -0.348 e. The predicted molar refractivity (Wildman–Crippen MR) is 259 cm³/mol. The summed E-state index contributed by atoms with van der Waals surface area (Å²) in [5, 5.41) is 7.67. The highest BCUT2D eigenvalue weighted by Gasteiger charge is 2.44. The molecule has 1 saturated heterocycles. The molecule has 1 spiro atoms. The maximum atomic E-state index is 11.3. The van der Waals surface area contributed by atoms with Crippen molar-refractivity contribution in [3.63, 3.8) is 0 Å². The lowest BCUT2D eigenvalue weighted by Crippen LogP contribution is -2.43. The van der Waals surface area contributed by atoms with Crippen LogP contribution in [0, 0.1) is 17.8 Å². The van der Waals surface area contributed by atoms with E-state index < -0.39 is 0 Å². The molecule has 1 aliphatic heterocycles. The first-order chi connectivity index (χ1) is 28.8. The molecule has 332 valence electrons. The third-order valence-electron chi connectivity index (χ3n) is 13.5. The Hall–Kier alpha value is -3.07. The van der Waals surface area contributed by atoms with Gasteiger partial charge >= 0.3 is 0 Å². The van der Waals surface area contributed by atoms with E-state index in [1.165, 1.54) is 54.4 Å². The summed E-state index contributed by atoms with van der Waals surface area (Å²) < 4.78 is 11.7. The Morgan fingerprint density at radius 3 is 1.31 bits per heavy atom. The molecule has 5 saturated carbocycles. The van der Waals surface area contributed by atoms with Crippen LogP contribution in [0.3, 0.4) is 0 Å². The van der Waals surface area contributed by atoms with Crippen LogP contribution < -0.4 is 16.4 Å². The Labute approximate surface area is 379 Å². The van der Waals surface area contributed by atoms with E-state index in [1.807, 2.05) is 6.07 Å². The molecule has 1 heterocycles. The smallest absolute Gasteiger partial charge is 0.168 e. The summed E-state index contributed by atoms with van der Waals surface area (Å²) in [5.41, 5.74) is 14.4. The average molecular weight is 871 g/mol. The van der Waals surface area contributed by atoms with E-state index >= 15 is 0 Å². The van der Waals surface area contributed by atoms with Crippen LogP contribution >= 0.6 is 24.8 Å². The summed E-state index contributed by atoms with van der Waals surface area (Å²) in [6, 6.07) is 34.7. The first kappa shape index (κ1) is 49.0. The zero-order chi connectivity index (χ0) is 41.0. The maximum Gasteiger partial charge on any atom is 0.168 e. The van der Waals surface area contributed by atoms with Gasteiger partial charge in [-0.05, 0) is 98.7 Å². The molecule has 0 amide bonds. The predicted octanol–water partition coefficient (Wildman–Crippen LogP) is 11.8. The van der Waals surface area contributed by atoms with Crippen molar-refractivity contribution in [1.29, 1.82) is 0 Å². The van der Waals surface area contributed by atoms with Crippen molar-refractivity contribution in [3.05, 3.63) is 124 Å². The second-order valence-corrected chi connectivity index (χ2v) is 17.9. The Morgan fingerprint density at radius 1 is 0.590 bits per heavy atom. The van der Waals surface area contributed by atoms with Crippen molar-refractivity contribution in [2.45, 2.75) is 147 Å². The van der Waals surface area contributed by atoms with Crippen LogP contribution in [0.5, 0.6) is 0 Å². The zero-order valence-electron chi connectivity index (χ0n) is 36.9. The molecule has 4 N–H and O–H groups in total. The SMILES string of the molecule is CC/C(=C\c1ccccc1)[C@@H]1C[C@H]1N.CC/C(=C\c1ccccc1)[C@@H]1C[C@H]1NC1CCC(=O)CC1.CC/C(=C\c1ccccc1)[C@@H]1C[C@H]1NC1CCC2(CC1)OCCO2.Cl.Cl. The van der Waals surface area contributed by atoms with Gasteiger partial charge in [-0.3, -0.25) is 4.79 Å². The minimum atomic E-state index is -0.233. The molecule has 3 aromatic carbocycles. The minimum absolute atomic E-state index is 0.